The molecule has 6 nitrogen and oxygen atoms in total. The third-order valence-corrected chi connectivity index (χ3v) is 4.69. The third kappa shape index (κ3) is 4.05. The van der Waals surface area contributed by atoms with Crippen LogP contribution in [0, 0.1) is 0 Å². The summed E-state index contributed by atoms with van der Waals surface area (Å²) in [5, 5.41) is 7.66. The molecule has 7 heteroatoms. The van der Waals surface area contributed by atoms with E-state index in [1.807, 2.05) is 7.05 Å². The van der Waals surface area contributed by atoms with Crippen molar-refractivity contribution in [2.45, 2.75) is 31.8 Å². The van der Waals surface area contributed by atoms with Crippen LogP contribution in [0.4, 0.5) is 5.69 Å². The maximum Gasteiger partial charge on any atom is 0.283 e. The van der Waals surface area contributed by atoms with E-state index in [2.05, 4.69) is 31.2 Å². The summed E-state index contributed by atoms with van der Waals surface area (Å²) in [5.74, 6) is 0. The highest BCUT2D eigenvalue weighted by Crippen LogP contribution is 2.25. The van der Waals surface area contributed by atoms with Gasteiger partial charge in [0.05, 0.1) is 25.0 Å². The molecule has 1 saturated heterocycles. The van der Waals surface area contributed by atoms with E-state index in [1.54, 1.807) is 13.3 Å². The Hall–Kier alpha value is -0.920. The van der Waals surface area contributed by atoms with Gasteiger partial charge in [-0.15, -0.1) is 0 Å². The number of hydrogen-bond acceptors (Lipinski definition) is 5. The van der Waals surface area contributed by atoms with Gasteiger partial charge in [-0.05, 0) is 48.3 Å². The van der Waals surface area contributed by atoms with Crippen LogP contribution in [-0.2, 0) is 11.3 Å². The van der Waals surface area contributed by atoms with Crippen LogP contribution in [-0.4, -0.2) is 49.7 Å². The molecular weight excluding hydrogens is 336 g/mol. The molecule has 1 N–H and O–H groups in total. The molecule has 0 radical (unpaired) electrons. The average Bonchev–Trinajstić information content (AvgIpc) is 2.77. The lowest BCUT2D eigenvalue weighted by molar-refractivity contribution is 0.181. The zero-order valence-corrected chi connectivity index (χ0v) is 14.2. The average molecular weight is 359 g/mol. The minimum absolute atomic E-state index is 0.108. The second-order valence-electron chi connectivity index (χ2n) is 5.31. The maximum atomic E-state index is 12.3. The fourth-order valence-electron chi connectivity index (χ4n) is 2.62. The van der Waals surface area contributed by atoms with E-state index < -0.39 is 0 Å². The van der Waals surface area contributed by atoms with Gasteiger partial charge in [-0.3, -0.25) is 4.79 Å². The van der Waals surface area contributed by atoms with Crippen LogP contribution in [0.15, 0.2) is 15.5 Å². The van der Waals surface area contributed by atoms with Crippen LogP contribution in [0.2, 0.25) is 0 Å². The molecule has 21 heavy (non-hydrogen) atoms. The van der Waals surface area contributed by atoms with Gasteiger partial charge in [-0.2, -0.15) is 5.10 Å². The van der Waals surface area contributed by atoms with Gasteiger partial charge in [-0.1, -0.05) is 0 Å². The summed E-state index contributed by atoms with van der Waals surface area (Å²) >= 11 is 3.44. The summed E-state index contributed by atoms with van der Waals surface area (Å²) < 4.78 is 7.00. The first-order chi connectivity index (χ1) is 10.1. The number of rotatable bonds is 5. The molecule has 2 rings (SSSR count). The lowest BCUT2D eigenvalue weighted by atomic mass is 10.1. The molecule has 118 valence electrons. The van der Waals surface area contributed by atoms with Crippen LogP contribution in [0.25, 0.3) is 0 Å². The zero-order chi connectivity index (χ0) is 15.2. The SMILES string of the molecule is COCCn1ncc(N(C)C2CCCNCC2)c(Br)c1=O. The summed E-state index contributed by atoms with van der Waals surface area (Å²) in [6.45, 7) is 3.03. The van der Waals surface area contributed by atoms with Crippen molar-refractivity contribution in [3.63, 3.8) is 0 Å². The second-order valence-corrected chi connectivity index (χ2v) is 6.10. The van der Waals surface area contributed by atoms with Crippen molar-refractivity contribution in [3.05, 3.63) is 21.0 Å². The number of anilines is 1. The standard InChI is InChI=1S/C14H23BrN4O2/c1-18(11-4-3-6-16-7-5-11)12-10-17-19(8-9-21-2)14(20)13(12)15/h10-11,16H,3-9H2,1-2H3. The smallest absolute Gasteiger partial charge is 0.283 e. The Morgan fingerprint density at radius 1 is 1.52 bits per heavy atom. The highest BCUT2D eigenvalue weighted by atomic mass is 79.9. The monoisotopic (exact) mass is 358 g/mol. The molecule has 2 heterocycles. The Kier molecular flexibility index (Phi) is 6.20. The fraction of sp³-hybridized carbons (Fsp3) is 0.714. The number of nitrogens with zero attached hydrogens (tertiary/aromatic N) is 3. The zero-order valence-electron chi connectivity index (χ0n) is 12.6. The minimum atomic E-state index is -0.108. The number of halogens is 1. The van der Waals surface area contributed by atoms with E-state index in [-0.39, 0.29) is 5.56 Å². The Morgan fingerprint density at radius 3 is 3.10 bits per heavy atom. The first kappa shape index (κ1) is 16.5. The Labute approximate surface area is 133 Å². The number of ether oxygens (including phenoxy) is 1. The molecule has 1 unspecified atom stereocenters. The summed E-state index contributed by atoms with van der Waals surface area (Å²) in [7, 11) is 3.65. The highest BCUT2D eigenvalue weighted by Gasteiger charge is 2.20. The van der Waals surface area contributed by atoms with Gasteiger partial charge in [0.15, 0.2) is 0 Å². The molecule has 1 aromatic rings. The minimum Gasteiger partial charge on any atom is -0.383 e. The van der Waals surface area contributed by atoms with Crippen molar-refractivity contribution in [1.29, 1.82) is 0 Å². The van der Waals surface area contributed by atoms with Gasteiger partial charge >= 0.3 is 0 Å². The van der Waals surface area contributed by atoms with Crippen molar-refractivity contribution in [2.24, 2.45) is 0 Å². The predicted molar refractivity (Wildman–Crippen MR) is 87.0 cm³/mol. The molecule has 0 saturated carbocycles. The largest absolute Gasteiger partial charge is 0.383 e. The molecule has 0 bridgehead atoms. The molecular formula is C14H23BrN4O2. The van der Waals surface area contributed by atoms with Crippen LogP contribution < -0.4 is 15.8 Å². The van der Waals surface area contributed by atoms with Crippen molar-refractivity contribution in [1.82, 2.24) is 15.1 Å². The molecule has 1 atom stereocenters. The summed E-state index contributed by atoms with van der Waals surface area (Å²) in [4.78, 5) is 14.5. The van der Waals surface area contributed by atoms with E-state index >= 15 is 0 Å². The Balaban J connectivity index is 2.19. The topological polar surface area (TPSA) is 59.4 Å². The van der Waals surface area contributed by atoms with Gasteiger partial charge in [-0.25, -0.2) is 4.68 Å². The Morgan fingerprint density at radius 2 is 2.33 bits per heavy atom. The molecule has 0 amide bonds. The van der Waals surface area contributed by atoms with Gasteiger partial charge < -0.3 is 15.0 Å². The van der Waals surface area contributed by atoms with Crippen molar-refractivity contribution < 1.29 is 4.74 Å². The van der Waals surface area contributed by atoms with Crippen LogP contribution in [0.1, 0.15) is 19.3 Å². The third-order valence-electron chi connectivity index (χ3n) is 3.95. The molecule has 0 spiro atoms. The van der Waals surface area contributed by atoms with Gasteiger partial charge in [0.25, 0.3) is 5.56 Å². The summed E-state index contributed by atoms with van der Waals surface area (Å²) in [5.41, 5.74) is 0.753. The second kappa shape index (κ2) is 7.91. The van der Waals surface area contributed by atoms with Crippen LogP contribution >= 0.6 is 15.9 Å². The molecule has 1 fully saturated rings. The normalized spacial score (nSPS) is 19.3. The number of methoxy groups -OCH3 is 1. The highest BCUT2D eigenvalue weighted by molar-refractivity contribution is 9.10. The van der Waals surface area contributed by atoms with Crippen LogP contribution in [0.3, 0.4) is 0 Å². The fourth-order valence-corrected chi connectivity index (χ4v) is 3.21. The Bertz CT molecular complexity index is 512. The lowest BCUT2D eigenvalue weighted by Gasteiger charge is -2.29. The molecule has 1 aliphatic rings. The van der Waals surface area contributed by atoms with E-state index in [1.165, 1.54) is 4.68 Å². The van der Waals surface area contributed by atoms with E-state index in [4.69, 9.17) is 4.74 Å². The van der Waals surface area contributed by atoms with Gasteiger partial charge in [0.2, 0.25) is 0 Å². The predicted octanol–water partition coefficient (Wildman–Crippen LogP) is 1.23. The van der Waals surface area contributed by atoms with Crippen molar-refractivity contribution >= 4 is 21.6 Å². The van der Waals surface area contributed by atoms with Gasteiger partial charge in [0, 0.05) is 20.2 Å². The number of aromatic nitrogens is 2. The quantitative estimate of drug-likeness (QED) is 0.857. The first-order valence-corrected chi connectivity index (χ1v) is 8.12. The van der Waals surface area contributed by atoms with E-state index in [0.717, 1.165) is 38.0 Å². The lowest BCUT2D eigenvalue weighted by Crippen LogP contribution is -2.35. The van der Waals surface area contributed by atoms with E-state index in [0.29, 0.717) is 23.7 Å². The first-order valence-electron chi connectivity index (χ1n) is 7.33. The van der Waals surface area contributed by atoms with Gasteiger partial charge in [0.1, 0.15) is 4.47 Å². The van der Waals surface area contributed by atoms with Crippen LogP contribution in [0.5, 0.6) is 0 Å². The number of nitrogens with one attached hydrogen (secondary N) is 1. The molecule has 0 aliphatic carbocycles. The summed E-state index contributed by atoms with van der Waals surface area (Å²) in [6.07, 6.45) is 5.13. The molecule has 0 aromatic carbocycles. The van der Waals surface area contributed by atoms with Crippen molar-refractivity contribution in [3.8, 4) is 0 Å². The number of hydrogen-bond donors (Lipinski definition) is 1. The van der Waals surface area contributed by atoms with Crippen molar-refractivity contribution in [2.75, 3.05) is 38.8 Å². The van der Waals surface area contributed by atoms with E-state index in [9.17, 15) is 4.79 Å². The molecule has 1 aromatic heterocycles. The molecule has 1 aliphatic heterocycles. The maximum absolute atomic E-state index is 12.3. The summed E-state index contributed by atoms with van der Waals surface area (Å²) in [6, 6.07) is 0.437.